The van der Waals surface area contributed by atoms with Crippen LogP contribution in [0.1, 0.15) is 32.6 Å². The van der Waals surface area contributed by atoms with Crippen LogP contribution in [0.4, 0.5) is 0 Å². The van der Waals surface area contributed by atoms with Crippen LogP contribution in [0.5, 0.6) is 0 Å². The number of ether oxygens (including phenoxy) is 1. The zero-order valence-corrected chi connectivity index (χ0v) is 16.4. The Morgan fingerprint density at radius 3 is 2.54 bits per heavy atom. The van der Waals surface area contributed by atoms with E-state index in [1.807, 2.05) is 28.8 Å². The highest BCUT2D eigenvalue weighted by molar-refractivity contribution is 6.04. The molecule has 0 atom stereocenters. The van der Waals surface area contributed by atoms with Gasteiger partial charge in [-0.2, -0.15) is 0 Å². The van der Waals surface area contributed by atoms with Crippen molar-refractivity contribution in [3.8, 4) is 0 Å². The van der Waals surface area contributed by atoms with Crippen molar-refractivity contribution in [2.24, 2.45) is 0 Å². The highest BCUT2D eigenvalue weighted by Gasteiger charge is 2.19. The number of rotatable bonds is 8. The summed E-state index contributed by atoms with van der Waals surface area (Å²) in [7, 11) is 1.66. The molecule has 0 aliphatic heterocycles. The fourth-order valence-electron chi connectivity index (χ4n) is 3.60. The fraction of sp³-hybridized carbons (Fsp3) is 0.429. The van der Waals surface area contributed by atoms with Gasteiger partial charge in [0.1, 0.15) is 10.9 Å². The van der Waals surface area contributed by atoms with E-state index in [1.54, 1.807) is 18.0 Å². The molecule has 0 unspecified atom stereocenters. The third kappa shape index (κ3) is 3.26. The van der Waals surface area contributed by atoms with E-state index in [1.165, 1.54) is 12.8 Å². The summed E-state index contributed by atoms with van der Waals surface area (Å²) in [4.78, 5) is 27.4. The highest BCUT2D eigenvalue weighted by Crippen LogP contribution is 2.24. The second kappa shape index (κ2) is 8.06. The second-order valence-corrected chi connectivity index (χ2v) is 7.03. The van der Waals surface area contributed by atoms with Crippen LogP contribution in [0.25, 0.3) is 33.2 Å². The first kappa shape index (κ1) is 18.6. The average Bonchev–Trinajstić information content (AvgIpc) is 3.02. The van der Waals surface area contributed by atoms with Gasteiger partial charge in [0.15, 0.2) is 11.3 Å². The second-order valence-electron chi connectivity index (χ2n) is 7.03. The zero-order chi connectivity index (χ0) is 19.5. The molecule has 0 fully saturated rings. The Morgan fingerprint density at radius 2 is 1.79 bits per heavy atom. The molecular formula is C21H25N5O2. The number of unbranched alkanes of at least 4 members (excludes halogenated alkanes) is 3. The molecule has 0 amide bonds. The molecule has 0 spiro atoms. The molecule has 146 valence electrons. The van der Waals surface area contributed by atoms with E-state index in [0.717, 1.165) is 23.9 Å². The minimum atomic E-state index is -0.0488. The molecule has 4 rings (SSSR count). The number of benzene rings is 1. The number of fused-ring (bicyclic) bond motifs is 4. The maximum atomic E-state index is 13.2. The van der Waals surface area contributed by atoms with Crippen molar-refractivity contribution in [1.82, 2.24) is 24.1 Å². The monoisotopic (exact) mass is 379 g/mol. The summed E-state index contributed by atoms with van der Waals surface area (Å²) >= 11 is 0. The first-order chi connectivity index (χ1) is 13.7. The van der Waals surface area contributed by atoms with Gasteiger partial charge in [-0.3, -0.25) is 9.36 Å². The first-order valence-corrected chi connectivity index (χ1v) is 9.87. The van der Waals surface area contributed by atoms with Crippen LogP contribution in [0.3, 0.4) is 0 Å². The summed E-state index contributed by atoms with van der Waals surface area (Å²) in [6.45, 7) is 3.93. The summed E-state index contributed by atoms with van der Waals surface area (Å²) in [5.74, 6) is 0. The molecule has 3 aromatic heterocycles. The molecule has 7 nitrogen and oxygen atoms in total. The van der Waals surface area contributed by atoms with Gasteiger partial charge < -0.3 is 9.30 Å². The minimum absolute atomic E-state index is 0.0488. The van der Waals surface area contributed by atoms with Crippen molar-refractivity contribution in [1.29, 1.82) is 0 Å². The number of para-hydroxylation sites is 2. The van der Waals surface area contributed by atoms with Crippen LogP contribution in [0.15, 0.2) is 35.4 Å². The summed E-state index contributed by atoms with van der Waals surface area (Å²) in [6, 6.07) is 7.71. The summed E-state index contributed by atoms with van der Waals surface area (Å²) in [5.41, 5.74) is 3.45. The van der Waals surface area contributed by atoms with Gasteiger partial charge in [-0.1, -0.05) is 38.3 Å². The van der Waals surface area contributed by atoms with E-state index in [4.69, 9.17) is 14.7 Å². The zero-order valence-electron chi connectivity index (χ0n) is 16.4. The van der Waals surface area contributed by atoms with Gasteiger partial charge in [0.05, 0.1) is 24.0 Å². The normalized spacial score (nSPS) is 11.8. The Bertz CT molecular complexity index is 1180. The predicted molar refractivity (Wildman–Crippen MR) is 111 cm³/mol. The topological polar surface area (TPSA) is 74.8 Å². The molecule has 0 saturated heterocycles. The Hall–Kier alpha value is -2.80. The van der Waals surface area contributed by atoms with Crippen molar-refractivity contribution in [3.63, 3.8) is 0 Å². The van der Waals surface area contributed by atoms with Gasteiger partial charge in [0, 0.05) is 20.2 Å². The SMILES string of the molecule is CCCCCCn1cnc2c(c1=O)c1nc3ccccc3nc1n2CCOC. The lowest BCUT2D eigenvalue weighted by Crippen LogP contribution is -2.21. The lowest BCUT2D eigenvalue weighted by atomic mass is 10.2. The number of hydrogen-bond acceptors (Lipinski definition) is 5. The van der Waals surface area contributed by atoms with Gasteiger partial charge in [-0.25, -0.2) is 15.0 Å². The van der Waals surface area contributed by atoms with E-state index in [0.29, 0.717) is 41.9 Å². The van der Waals surface area contributed by atoms with Crippen LogP contribution >= 0.6 is 0 Å². The molecule has 0 bridgehead atoms. The predicted octanol–water partition coefficient (Wildman–Crippen LogP) is 3.52. The smallest absolute Gasteiger partial charge is 0.265 e. The first-order valence-electron chi connectivity index (χ1n) is 9.87. The maximum Gasteiger partial charge on any atom is 0.265 e. The van der Waals surface area contributed by atoms with Crippen molar-refractivity contribution in [3.05, 3.63) is 40.9 Å². The Balaban J connectivity index is 1.91. The summed E-state index contributed by atoms with van der Waals surface area (Å²) in [5, 5.41) is 0.544. The molecule has 0 radical (unpaired) electrons. The van der Waals surface area contributed by atoms with Crippen molar-refractivity contribution in [2.75, 3.05) is 13.7 Å². The van der Waals surface area contributed by atoms with Crippen LogP contribution in [-0.2, 0) is 17.8 Å². The van der Waals surface area contributed by atoms with E-state index < -0.39 is 0 Å². The molecule has 4 aromatic rings. The van der Waals surface area contributed by atoms with E-state index in [9.17, 15) is 4.79 Å². The highest BCUT2D eigenvalue weighted by atomic mass is 16.5. The van der Waals surface area contributed by atoms with Crippen molar-refractivity contribution >= 4 is 33.2 Å². The van der Waals surface area contributed by atoms with Gasteiger partial charge in [0.2, 0.25) is 0 Å². The van der Waals surface area contributed by atoms with Gasteiger partial charge in [0.25, 0.3) is 5.56 Å². The van der Waals surface area contributed by atoms with Crippen LogP contribution in [0.2, 0.25) is 0 Å². The quantitative estimate of drug-likeness (QED) is 0.438. The standard InChI is InChI=1S/C21H25N5O2/c1-3-4-5-8-11-25-14-22-19-17(21(25)27)18-20(26(19)12-13-28-2)24-16-10-7-6-9-15(16)23-18/h6-7,9-10,14H,3-5,8,11-13H2,1-2H3. The Kier molecular flexibility index (Phi) is 5.34. The Labute approximate surface area is 163 Å². The van der Waals surface area contributed by atoms with Crippen LogP contribution in [-0.4, -0.2) is 37.8 Å². The molecule has 0 aliphatic carbocycles. The third-order valence-corrected chi connectivity index (χ3v) is 5.09. The minimum Gasteiger partial charge on any atom is -0.383 e. The molecule has 0 saturated carbocycles. The van der Waals surface area contributed by atoms with E-state index in [2.05, 4.69) is 11.9 Å². The fourth-order valence-corrected chi connectivity index (χ4v) is 3.60. The van der Waals surface area contributed by atoms with Gasteiger partial charge in [-0.15, -0.1) is 0 Å². The van der Waals surface area contributed by atoms with Crippen LogP contribution < -0.4 is 5.56 Å². The van der Waals surface area contributed by atoms with Crippen molar-refractivity contribution < 1.29 is 4.74 Å². The average molecular weight is 379 g/mol. The van der Waals surface area contributed by atoms with Crippen LogP contribution in [0, 0.1) is 0 Å². The Morgan fingerprint density at radius 1 is 1.00 bits per heavy atom. The maximum absolute atomic E-state index is 13.2. The van der Waals surface area contributed by atoms with Gasteiger partial charge >= 0.3 is 0 Å². The molecule has 28 heavy (non-hydrogen) atoms. The molecule has 0 aliphatic rings. The number of nitrogens with zero attached hydrogens (tertiary/aromatic N) is 5. The summed E-state index contributed by atoms with van der Waals surface area (Å²) in [6.07, 6.45) is 6.08. The van der Waals surface area contributed by atoms with Gasteiger partial charge in [-0.05, 0) is 18.6 Å². The molecule has 7 heteroatoms. The largest absolute Gasteiger partial charge is 0.383 e. The number of hydrogen-bond donors (Lipinski definition) is 0. The third-order valence-electron chi connectivity index (χ3n) is 5.09. The summed E-state index contributed by atoms with van der Waals surface area (Å²) < 4.78 is 8.89. The number of aromatic nitrogens is 5. The van der Waals surface area contributed by atoms with E-state index >= 15 is 0 Å². The van der Waals surface area contributed by atoms with Crippen molar-refractivity contribution in [2.45, 2.75) is 45.7 Å². The molecule has 1 aromatic carbocycles. The number of methoxy groups -OCH3 is 1. The molecular weight excluding hydrogens is 354 g/mol. The van der Waals surface area contributed by atoms with E-state index in [-0.39, 0.29) is 5.56 Å². The number of aryl methyl sites for hydroxylation is 1. The lowest BCUT2D eigenvalue weighted by molar-refractivity contribution is 0.189. The lowest BCUT2D eigenvalue weighted by Gasteiger charge is -2.07. The molecule has 0 N–H and O–H groups in total. The molecule has 3 heterocycles.